The molecule has 0 aliphatic carbocycles. The van der Waals surface area contributed by atoms with Crippen LogP contribution in [0.5, 0.6) is 0 Å². The Bertz CT molecular complexity index is 821. The molecule has 0 fully saturated rings. The van der Waals surface area contributed by atoms with Crippen molar-refractivity contribution in [3.05, 3.63) is 34.1 Å². The number of aryl methyl sites for hydroxylation is 1. The van der Waals surface area contributed by atoms with Gasteiger partial charge in [-0.25, -0.2) is 9.97 Å². The Balaban J connectivity index is 2.05. The minimum atomic E-state index is 0.508. The molecule has 0 atom stereocenters. The van der Waals surface area contributed by atoms with Crippen molar-refractivity contribution >= 4 is 38.9 Å². The third-order valence-corrected chi connectivity index (χ3v) is 5.90. The van der Waals surface area contributed by atoms with Gasteiger partial charge in [0.05, 0.1) is 5.69 Å². The highest BCUT2D eigenvalue weighted by Gasteiger charge is 2.27. The molecule has 1 aliphatic rings. The highest BCUT2D eigenvalue weighted by molar-refractivity contribution is 9.10. The normalized spacial score (nSPS) is 13.5. The lowest BCUT2D eigenvalue weighted by Crippen LogP contribution is -2.34. The van der Waals surface area contributed by atoms with Crippen molar-refractivity contribution in [2.75, 3.05) is 41.3 Å². The van der Waals surface area contributed by atoms with Crippen LogP contribution in [-0.2, 0) is 0 Å². The minimum absolute atomic E-state index is 0.508. The molecule has 6 heteroatoms. The first-order valence-electron chi connectivity index (χ1n) is 10.4. The number of hydrogen-bond acceptors (Lipinski definition) is 5. The molecule has 0 bridgehead atoms. The van der Waals surface area contributed by atoms with Gasteiger partial charge in [0.1, 0.15) is 11.5 Å². The highest BCUT2D eigenvalue weighted by Crippen LogP contribution is 2.41. The number of benzene rings is 1. The van der Waals surface area contributed by atoms with E-state index in [9.17, 15) is 0 Å². The Morgan fingerprint density at radius 1 is 1.25 bits per heavy atom. The van der Waals surface area contributed by atoms with Crippen LogP contribution in [0.15, 0.2) is 22.7 Å². The van der Waals surface area contributed by atoms with E-state index in [1.165, 1.54) is 12.0 Å². The molecule has 0 unspecified atom stereocenters. The van der Waals surface area contributed by atoms with E-state index in [1.807, 2.05) is 6.92 Å². The number of aromatic nitrogens is 2. The van der Waals surface area contributed by atoms with Crippen molar-refractivity contribution in [3.63, 3.8) is 0 Å². The van der Waals surface area contributed by atoms with Crippen molar-refractivity contribution in [3.8, 4) is 0 Å². The molecule has 1 aromatic carbocycles. The Labute approximate surface area is 177 Å². The Hall–Kier alpha value is -1.82. The van der Waals surface area contributed by atoms with Gasteiger partial charge in [-0.2, -0.15) is 0 Å². The minimum Gasteiger partial charge on any atom is -0.377 e. The van der Waals surface area contributed by atoms with E-state index < -0.39 is 0 Å². The van der Waals surface area contributed by atoms with Crippen molar-refractivity contribution in [2.45, 2.75) is 53.4 Å². The Morgan fingerprint density at radius 3 is 2.68 bits per heavy atom. The lowest BCUT2D eigenvalue weighted by Gasteiger charge is -2.35. The zero-order valence-corrected chi connectivity index (χ0v) is 19.3. The van der Waals surface area contributed by atoms with E-state index in [4.69, 9.17) is 9.97 Å². The topological polar surface area (TPSA) is 44.3 Å². The Kier molecular flexibility index (Phi) is 6.81. The van der Waals surface area contributed by atoms with E-state index in [-0.39, 0.29) is 0 Å². The number of unbranched alkanes of at least 4 members (excludes halogenated alkanes) is 1. The first-order valence-corrected chi connectivity index (χ1v) is 11.2. The van der Waals surface area contributed by atoms with E-state index >= 15 is 0 Å². The second-order valence-electron chi connectivity index (χ2n) is 7.67. The van der Waals surface area contributed by atoms with Crippen LogP contribution < -0.4 is 15.1 Å². The fourth-order valence-electron chi connectivity index (χ4n) is 3.62. The fourth-order valence-corrected chi connectivity index (χ4v) is 4.23. The molecule has 1 N–H and O–H groups in total. The van der Waals surface area contributed by atoms with Gasteiger partial charge in [0.2, 0.25) is 0 Å². The molecular formula is C22H32BrN5. The third kappa shape index (κ3) is 4.27. The van der Waals surface area contributed by atoms with Gasteiger partial charge in [-0.3, -0.25) is 0 Å². The van der Waals surface area contributed by atoms with Gasteiger partial charge in [-0.1, -0.05) is 33.3 Å². The fraction of sp³-hybridized carbons (Fsp3) is 0.545. The molecule has 0 saturated carbocycles. The summed E-state index contributed by atoms with van der Waals surface area (Å²) >= 11 is 3.80. The number of nitrogens with one attached hydrogen (secondary N) is 1. The largest absolute Gasteiger partial charge is 0.377 e. The lowest BCUT2D eigenvalue weighted by atomic mass is 10.0. The number of halogens is 1. The third-order valence-electron chi connectivity index (χ3n) is 5.27. The van der Waals surface area contributed by atoms with Crippen molar-refractivity contribution < 1.29 is 0 Å². The maximum absolute atomic E-state index is 4.83. The van der Waals surface area contributed by atoms with E-state index in [0.29, 0.717) is 5.92 Å². The molecule has 1 aliphatic heterocycles. The summed E-state index contributed by atoms with van der Waals surface area (Å²) in [7, 11) is 0. The summed E-state index contributed by atoms with van der Waals surface area (Å²) in [5, 5.41) is 3.57. The summed E-state index contributed by atoms with van der Waals surface area (Å²) in [5.41, 5.74) is 3.55. The van der Waals surface area contributed by atoms with Crippen molar-refractivity contribution in [2.24, 2.45) is 0 Å². The number of nitrogens with zero attached hydrogens (tertiary/aromatic N) is 4. The van der Waals surface area contributed by atoms with Gasteiger partial charge in [0.15, 0.2) is 11.6 Å². The number of anilines is 4. The lowest BCUT2D eigenvalue weighted by molar-refractivity contribution is 0.719. The average molecular weight is 446 g/mol. The van der Waals surface area contributed by atoms with E-state index in [2.05, 4.69) is 76.9 Å². The summed E-state index contributed by atoms with van der Waals surface area (Å²) in [5.74, 6) is 3.32. The molecule has 28 heavy (non-hydrogen) atoms. The first kappa shape index (κ1) is 20.9. The molecule has 152 valence electrons. The predicted octanol–water partition coefficient (Wildman–Crippen LogP) is 5.86. The first-order chi connectivity index (χ1) is 13.5. The van der Waals surface area contributed by atoms with Crippen LogP contribution in [-0.4, -0.2) is 36.1 Å². The zero-order chi connectivity index (χ0) is 20.3. The van der Waals surface area contributed by atoms with Gasteiger partial charge in [0, 0.05) is 30.7 Å². The monoisotopic (exact) mass is 445 g/mol. The zero-order valence-electron chi connectivity index (χ0n) is 17.7. The SMILES string of the molecule is CCCCN(CC)c1nc(C)nc2c1NCCN2c1ccc(C(C)C)cc1Br. The standard InChI is InChI=1S/C22H32BrN5/c1-6-8-12-27(7-2)21-20-22(26-16(5)25-21)28(13-11-24-20)19-10-9-17(15(3)4)14-18(19)23/h9-10,14-15,24H,6-8,11-13H2,1-5H3. The highest BCUT2D eigenvalue weighted by atomic mass is 79.9. The van der Waals surface area contributed by atoms with Crippen LogP contribution >= 0.6 is 15.9 Å². The number of rotatable bonds is 7. The second kappa shape index (κ2) is 9.12. The Morgan fingerprint density at radius 2 is 2.04 bits per heavy atom. The van der Waals surface area contributed by atoms with Crippen LogP contribution in [0.1, 0.15) is 57.8 Å². The maximum Gasteiger partial charge on any atom is 0.162 e. The van der Waals surface area contributed by atoms with Crippen LogP contribution in [0.2, 0.25) is 0 Å². The van der Waals surface area contributed by atoms with Gasteiger partial charge >= 0.3 is 0 Å². The van der Waals surface area contributed by atoms with Crippen molar-refractivity contribution in [1.29, 1.82) is 0 Å². The molecule has 0 radical (unpaired) electrons. The summed E-state index contributed by atoms with van der Waals surface area (Å²) in [4.78, 5) is 14.3. The summed E-state index contributed by atoms with van der Waals surface area (Å²) in [6.07, 6.45) is 2.34. The predicted molar refractivity (Wildman–Crippen MR) is 123 cm³/mol. The average Bonchev–Trinajstić information content (AvgIpc) is 2.68. The van der Waals surface area contributed by atoms with Gasteiger partial charge in [-0.15, -0.1) is 0 Å². The molecule has 1 aromatic heterocycles. The maximum atomic E-state index is 4.83. The smallest absolute Gasteiger partial charge is 0.162 e. The summed E-state index contributed by atoms with van der Waals surface area (Å²) in [6.45, 7) is 14.6. The van der Waals surface area contributed by atoms with Crippen LogP contribution in [0.25, 0.3) is 0 Å². The molecule has 0 spiro atoms. The quantitative estimate of drug-likeness (QED) is 0.577. The van der Waals surface area contributed by atoms with Crippen molar-refractivity contribution in [1.82, 2.24) is 9.97 Å². The van der Waals surface area contributed by atoms with Crippen LogP contribution in [0, 0.1) is 6.92 Å². The molecule has 0 saturated heterocycles. The van der Waals surface area contributed by atoms with Gasteiger partial charge in [-0.05, 0) is 59.8 Å². The molecule has 3 rings (SSSR count). The van der Waals surface area contributed by atoms with Crippen LogP contribution in [0.4, 0.5) is 23.0 Å². The molecule has 2 heterocycles. The van der Waals surface area contributed by atoms with Gasteiger partial charge in [0.25, 0.3) is 0 Å². The summed E-state index contributed by atoms with van der Waals surface area (Å²) < 4.78 is 1.11. The number of fused-ring (bicyclic) bond motifs is 1. The summed E-state index contributed by atoms with van der Waals surface area (Å²) in [6, 6.07) is 6.66. The van der Waals surface area contributed by atoms with E-state index in [1.54, 1.807) is 0 Å². The molecule has 0 amide bonds. The van der Waals surface area contributed by atoms with Crippen LogP contribution in [0.3, 0.4) is 0 Å². The molecule has 2 aromatic rings. The van der Waals surface area contributed by atoms with Gasteiger partial charge < -0.3 is 15.1 Å². The second-order valence-corrected chi connectivity index (χ2v) is 8.52. The number of hydrogen-bond donors (Lipinski definition) is 1. The molecule has 5 nitrogen and oxygen atoms in total. The van der Waals surface area contributed by atoms with E-state index in [0.717, 1.165) is 65.9 Å². The molecular weight excluding hydrogens is 414 g/mol.